The van der Waals surface area contributed by atoms with E-state index in [0.29, 0.717) is 23.1 Å². The van der Waals surface area contributed by atoms with Crippen LogP contribution in [0.1, 0.15) is 12.8 Å². The summed E-state index contributed by atoms with van der Waals surface area (Å²) in [5, 5.41) is 9.11. The lowest BCUT2D eigenvalue weighted by molar-refractivity contribution is -0.140. The number of methoxy groups -OCH3 is 1. The quantitative estimate of drug-likeness (QED) is 0.879. The number of carboxylic acids is 1. The first-order valence-electron chi connectivity index (χ1n) is 5.95. The molecule has 0 radical (unpaired) electrons. The van der Waals surface area contributed by atoms with Crippen LogP contribution in [-0.4, -0.2) is 43.5 Å². The van der Waals surface area contributed by atoms with Crippen LogP contribution in [0.4, 0.5) is 0 Å². The first-order valence-corrected chi connectivity index (χ1v) is 8.19. The van der Waals surface area contributed by atoms with E-state index in [2.05, 4.69) is 15.9 Å². The number of hydrogen-bond donors (Lipinski definition) is 1. The summed E-state index contributed by atoms with van der Waals surface area (Å²) in [7, 11) is -2.41. The predicted octanol–water partition coefficient (Wildman–Crippen LogP) is 1.70. The Labute approximate surface area is 125 Å². The lowest BCUT2D eigenvalue weighted by Gasteiger charge is -2.21. The SMILES string of the molecule is COc1cc(Br)cc(S(=O)(=O)N2CCC[C@H]2C(=O)O)c1. The van der Waals surface area contributed by atoms with Crippen LogP contribution in [0.5, 0.6) is 5.75 Å². The smallest absolute Gasteiger partial charge is 0.322 e. The van der Waals surface area contributed by atoms with Crippen molar-refractivity contribution in [1.82, 2.24) is 4.31 Å². The highest BCUT2D eigenvalue weighted by Crippen LogP contribution is 2.30. The second kappa shape index (κ2) is 5.71. The van der Waals surface area contributed by atoms with Crippen LogP contribution in [0.15, 0.2) is 27.6 Å². The number of aliphatic carboxylic acids is 1. The Bertz CT molecular complexity index is 631. The zero-order valence-corrected chi connectivity index (χ0v) is 13.1. The fraction of sp³-hybridized carbons (Fsp3) is 0.417. The zero-order valence-electron chi connectivity index (χ0n) is 10.7. The Kier molecular flexibility index (Phi) is 4.36. The first kappa shape index (κ1) is 15.3. The van der Waals surface area contributed by atoms with Crippen LogP contribution in [-0.2, 0) is 14.8 Å². The van der Waals surface area contributed by atoms with Crippen LogP contribution in [0.2, 0.25) is 0 Å². The molecule has 6 nitrogen and oxygen atoms in total. The Morgan fingerprint density at radius 1 is 1.45 bits per heavy atom. The fourth-order valence-electron chi connectivity index (χ4n) is 2.21. The van der Waals surface area contributed by atoms with Crippen molar-refractivity contribution in [1.29, 1.82) is 0 Å². The maximum Gasteiger partial charge on any atom is 0.322 e. The van der Waals surface area contributed by atoms with Gasteiger partial charge in [-0.15, -0.1) is 0 Å². The molecule has 1 heterocycles. The summed E-state index contributed by atoms with van der Waals surface area (Å²) in [6, 6.07) is 3.47. The average molecular weight is 364 g/mol. The Morgan fingerprint density at radius 3 is 2.75 bits per heavy atom. The van der Waals surface area contributed by atoms with Crippen LogP contribution in [0, 0.1) is 0 Å². The monoisotopic (exact) mass is 363 g/mol. The molecule has 1 aromatic rings. The third kappa shape index (κ3) is 2.82. The second-order valence-electron chi connectivity index (χ2n) is 4.44. The van der Waals surface area contributed by atoms with Gasteiger partial charge in [-0.05, 0) is 25.0 Å². The summed E-state index contributed by atoms with van der Waals surface area (Å²) < 4.78 is 31.7. The molecule has 2 rings (SSSR count). The summed E-state index contributed by atoms with van der Waals surface area (Å²) in [5.74, 6) is -0.725. The lowest BCUT2D eigenvalue weighted by atomic mass is 10.2. The molecule has 1 fully saturated rings. The molecule has 1 atom stereocenters. The van der Waals surface area contributed by atoms with Crippen LogP contribution >= 0.6 is 15.9 Å². The first-order chi connectivity index (χ1) is 9.36. The van der Waals surface area contributed by atoms with E-state index in [0.717, 1.165) is 4.31 Å². The minimum atomic E-state index is -3.85. The van der Waals surface area contributed by atoms with Gasteiger partial charge in [-0.2, -0.15) is 4.31 Å². The molecule has 0 aliphatic carbocycles. The molecule has 0 amide bonds. The third-order valence-electron chi connectivity index (χ3n) is 3.18. The highest BCUT2D eigenvalue weighted by molar-refractivity contribution is 9.10. The molecule has 0 aromatic heterocycles. The zero-order chi connectivity index (χ0) is 14.9. The number of sulfonamides is 1. The maximum atomic E-state index is 12.6. The molecule has 110 valence electrons. The standard InChI is InChI=1S/C12H14BrNO5S/c1-19-9-5-8(13)6-10(7-9)20(17,18)14-4-2-3-11(14)12(15)16/h5-7,11H,2-4H2,1H3,(H,15,16)/t11-/m0/s1. The number of ether oxygens (including phenoxy) is 1. The van der Waals surface area contributed by atoms with E-state index in [9.17, 15) is 13.2 Å². The molecule has 1 aromatic carbocycles. The number of halogens is 1. The molecule has 0 bridgehead atoms. The minimum absolute atomic E-state index is 0.0249. The van der Waals surface area contributed by atoms with Gasteiger partial charge in [0.25, 0.3) is 0 Å². The van der Waals surface area contributed by atoms with Crippen LogP contribution in [0.25, 0.3) is 0 Å². The van der Waals surface area contributed by atoms with E-state index in [1.165, 1.54) is 19.2 Å². The predicted molar refractivity (Wildman–Crippen MR) is 75.2 cm³/mol. The Morgan fingerprint density at radius 2 is 2.15 bits per heavy atom. The number of nitrogens with zero attached hydrogens (tertiary/aromatic N) is 1. The van der Waals surface area contributed by atoms with E-state index in [4.69, 9.17) is 9.84 Å². The van der Waals surface area contributed by atoms with Gasteiger partial charge in [0.05, 0.1) is 12.0 Å². The summed E-state index contributed by atoms with van der Waals surface area (Å²) >= 11 is 3.22. The van der Waals surface area contributed by atoms with E-state index < -0.39 is 22.0 Å². The molecule has 0 saturated carbocycles. The van der Waals surface area contributed by atoms with Crippen molar-refractivity contribution >= 4 is 31.9 Å². The summed E-state index contributed by atoms with van der Waals surface area (Å²) in [4.78, 5) is 11.2. The third-order valence-corrected chi connectivity index (χ3v) is 5.52. The van der Waals surface area contributed by atoms with Crippen LogP contribution < -0.4 is 4.74 Å². The van der Waals surface area contributed by atoms with Gasteiger partial charge in [0, 0.05) is 17.1 Å². The van der Waals surface area contributed by atoms with Crippen molar-refractivity contribution in [2.24, 2.45) is 0 Å². The van der Waals surface area contributed by atoms with E-state index in [-0.39, 0.29) is 11.4 Å². The van der Waals surface area contributed by atoms with E-state index in [1.807, 2.05) is 0 Å². The highest BCUT2D eigenvalue weighted by Gasteiger charge is 2.39. The minimum Gasteiger partial charge on any atom is -0.497 e. The van der Waals surface area contributed by atoms with Crippen molar-refractivity contribution in [3.63, 3.8) is 0 Å². The lowest BCUT2D eigenvalue weighted by Crippen LogP contribution is -2.40. The highest BCUT2D eigenvalue weighted by atomic mass is 79.9. The van der Waals surface area contributed by atoms with Gasteiger partial charge in [-0.1, -0.05) is 15.9 Å². The average Bonchev–Trinajstić information content (AvgIpc) is 2.88. The molecular weight excluding hydrogens is 350 g/mol. The summed E-state index contributed by atoms with van der Waals surface area (Å²) in [6.45, 7) is 0.216. The summed E-state index contributed by atoms with van der Waals surface area (Å²) in [5.41, 5.74) is 0. The number of rotatable bonds is 4. The number of carboxylic acid groups (broad SMARTS) is 1. The molecule has 0 spiro atoms. The van der Waals surface area contributed by atoms with Crippen molar-refractivity contribution < 1.29 is 23.1 Å². The molecule has 0 unspecified atom stereocenters. The topological polar surface area (TPSA) is 83.9 Å². The van der Waals surface area contributed by atoms with Gasteiger partial charge in [0.15, 0.2) is 0 Å². The Balaban J connectivity index is 2.44. The number of benzene rings is 1. The van der Waals surface area contributed by atoms with Crippen molar-refractivity contribution in [2.45, 2.75) is 23.8 Å². The van der Waals surface area contributed by atoms with Gasteiger partial charge in [-0.25, -0.2) is 8.42 Å². The molecular formula is C12H14BrNO5S. The molecule has 20 heavy (non-hydrogen) atoms. The molecule has 1 N–H and O–H groups in total. The fourth-order valence-corrected chi connectivity index (χ4v) is 4.55. The maximum absolute atomic E-state index is 12.6. The van der Waals surface area contributed by atoms with E-state index in [1.54, 1.807) is 6.07 Å². The van der Waals surface area contributed by atoms with Crippen molar-refractivity contribution in [3.05, 3.63) is 22.7 Å². The largest absolute Gasteiger partial charge is 0.497 e. The van der Waals surface area contributed by atoms with Gasteiger partial charge >= 0.3 is 5.97 Å². The number of hydrogen-bond acceptors (Lipinski definition) is 4. The van der Waals surface area contributed by atoms with Gasteiger partial charge in [0.2, 0.25) is 10.0 Å². The normalized spacial score (nSPS) is 20.0. The van der Waals surface area contributed by atoms with Gasteiger partial charge in [0.1, 0.15) is 11.8 Å². The van der Waals surface area contributed by atoms with Crippen molar-refractivity contribution in [3.8, 4) is 5.75 Å². The molecule has 8 heteroatoms. The second-order valence-corrected chi connectivity index (χ2v) is 7.25. The molecule has 1 aliphatic heterocycles. The van der Waals surface area contributed by atoms with Gasteiger partial charge < -0.3 is 9.84 Å². The van der Waals surface area contributed by atoms with Crippen LogP contribution in [0.3, 0.4) is 0 Å². The Hall–Kier alpha value is -1.12. The van der Waals surface area contributed by atoms with Crippen molar-refractivity contribution in [2.75, 3.05) is 13.7 Å². The van der Waals surface area contributed by atoms with Gasteiger partial charge in [-0.3, -0.25) is 4.79 Å². The molecule has 1 aliphatic rings. The number of carbonyl (C=O) groups is 1. The van der Waals surface area contributed by atoms with E-state index >= 15 is 0 Å². The summed E-state index contributed by atoms with van der Waals surface area (Å²) in [6.07, 6.45) is 0.876. The molecule has 1 saturated heterocycles.